The molecule has 0 radical (unpaired) electrons. The minimum absolute atomic E-state index is 0.324. The van der Waals surface area contributed by atoms with Gasteiger partial charge in [-0.2, -0.15) is 0 Å². The van der Waals surface area contributed by atoms with Crippen molar-refractivity contribution in [1.29, 1.82) is 0 Å². The third-order valence-electron chi connectivity index (χ3n) is 6.26. The Morgan fingerprint density at radius 2 is 1.81 bits per heavy atom. The molecule has 0 aliphatic carbocycles. The van der Waals surface area contributed by atoms with Gasteiger partial charge in [-0.05, 0) is 57.5 Å². The highest BCUT2D eigenvalue weighted by molar-refractivity contribution is 7.99. The van der Waals surface area contributed by atoms with E-state index in [1.54, 1.807) is 0 Å². The molecule has 0 spiro atoms. The van der Waals surface area contributed by atoms with Gasteiger partial charge in [0.25, 0.3) is 0 Å². The molecule has 3 aliphatic heterocycles. The SMILES string of the molecule is CC1CCN(c2nnc(SCCN3CCCCC3)n2CC2CCCO2)CC1. The number of likely N-dealkylation sites (tertiary alicyclic amines) is 1. The standard InChI is InChI=1S/C20H35N5OS/c1-17-7-11-24(12-8-17)19-21-22-20(25(19)16-18-6-5-14-26-18)27-15-13-23-9-3-2-4-10-23/h17-18H,2-16H2,1H3. The molecule has 152 valence electrons. The first-order valence-electron chi connectivity index (χ1n) is 10.9. The predicted molar refractivity (Wildman–Crippen MR) is 111 cm³/mol. The van der Waals surface area contributed by atoms with Crippen molar-refractivity contribution in [1.82, 2.24) is 19.7 Å². The van der Waals surface area contributed by atoms with Crippen molar-refractivity contribution in [2.75, 3.05) is 50.0 Å². The van der Waals surface area contributed by atoms with Crippen LogP contribution in [0, 0.1) is 5.92 Å². The van der Waals surface area contributed by atoms with Crippen LogP contribution in [0.15, 0.2) is 5.16 Å². The first kappa shape index (κ1) is 19.5. The largest absolute Gasteiger partial charge is 0.376 e. The second-order valence-electron chi connectivity index (χ2n) is 8.45. The Kier molecular flexibility index (Phi) is 6.95. The van der Waals surface area contributed by atoms with E-state index in [1.807, 2.05) is 11.8 Å². The summed E-state index contributed by atoms with van der Waals surface area (Å²) in [5.74, 6) is 2.99. The Labute approximate surface area is 168 Å². The van der Waals surface area contributed by atoms with E-state index in [1.165, 1.54) is 51.6 Å². The summed E-state index contributed by atoms with van der Waals surface area (Å²) < 4.78 is 8.28. The molecule has 6 nitrogen and oxygen atoms in total. The van der Waals surface area contributed by atoms with E-state index >= 15 is 0 Å². The fraction of sp³-hybridized carbons (Fsp3) is 0.900. The van der Waals surface area contributed by atoms with E-state index in [2.05, 4.69) is 31.5 Å². The highest BCUT2D eigenvalue weighted by atomic mass is 32.2. The number of hydrogen-bond donors (Lipinski definition) is 0. The smallest absolute Gasteiger partial charge is 0.228 e. The van der Waals surface area contributed by atoms with Crippen LogP contribution in [0.3, 0.4) is 0 Å². The molecule has 3 fully saturated rings. The lowest BCUT2D eigenvalue weighted by molar-refractivity contribution is 0.0951. The van der Waals surface area contributed by atoms with Crippen LogP contribution in [0.1, 0.15) is 51.9 Å². The van der Waals surface area contributed by atoms with Gasteiger partial charge in [-0.3, -0.25) is 4.57 Å². The van der Waals surface area contributed by atoms with Gasteiger partial charge in [-0.1, -0.05) is 25.1 Å². The highest BCUT2D eigenvalue weighted by Gasteiger charge is 2.26. The summed E-state index contributed by atoms with van der Waals surface area (Å²) in [5, 5.41) is 10.3. The molecule has 27 heavy (non-hydrogen) atoms. The molecule has 0 N–H and O–H groups in total. The van der Waals surface area contributed by atoms with Crippen LogP contribution in [-0.2, 0) is 11.3 Å². The molecule has 0 amide bonds. The fourth-order valence-electron chi connectivity index (χ4n) is 4.43. The van der Waals surface area contributed by atoms with Gasteiger partial charge in [-0.15, -0.1) is 10.2 Å². The number of thioether (sulfide) groups is 1. The third-order valence-corrected chi connectivity index (χ3v) is 7.21. The van der Waals surface area contributed by atoms with Crippen LogP contribution in [0.25, 0.3) is 0 Å². The number of ether oxygens (including phenoxy) is 1. The van der Waals surface area contributed by atoms with Gasteiger partial charge in [0.05, 0.1) is 12.6 Å². The maximum absolute atomic E-state index is 5.93. The molecule has 1 atom stereocenters. The zero-order valence-corrected chi connectivity index (χ0v) is 17.6. The van der Waals surface area contributed by atoms with Gasteiger partial charge in [0.15, 0.2) is 5.16 Å². The van der Waals surface area contributed by atoms with Gasteiger partial charge in [-0.25, -0.2) is 0 Å². The molecule has 1 aromatic rings. The number of piperidine rings is 2. The molecule has 1 aromatic heterocycles. The average molecular weight is 394 g/mol. The van der Waals surface area contributed by atoms with Crippen molar-refractivity contribution in [3.05, 3.63) is 0 Å². The van der Waals surface area contributed by atoms with Crippen LogP contribution in [0.4, 0.5) is 5.95 Å². The molecular formula is C20H35N5OS. The minimum Gasteiger partial charge on any atom is -0.376 e. The van der Waals surface area contributed by atoms with Gasteiger partial charge < -0.3 is 14.5 Å². The predicted octanol–water partition coefficient (Wildman–Crippen LogP) is 3.27. The van der Waals surface area contributed by atoms with Crippen molar-refractivity contribution in [2.45, 2.75) is 69.7 Å². The quantitative estimate of drug-likeness (QED) is 0.663. The number of anilines is 1. The van der Waals surface area contributed by atoms with Crippen LogP contribution in [-0.4, -0.2) is 70.9 Å². The first-order chi connectivity index (χ1) is 13.3. The van der Waals surface area contributed by atoms with Gasteiger partial charge in [0.2, 0.25) is 5.95 Å². The van der Waals surface area contributed by atoms with Crippen molar-refractivity contribution < 1.29 is 4.74 Å². The second kappa shape index (κ2) is 9.61. The second-order valence-corrected chi connectivity index (χ2v) is 9.51. The van der Waals surface area contributed by atoms with E-state index in [0.29, 0.717) is 6.10 Å². The summed E-state index contributed by atoms with van der Waals surface area (Å²) in [5.41, 5.74) is 0. The van der Waals surface area contributed by atoms with E-state index < -0.39 is 0 Å². The summed E-state index contributed by atoms with van der Waals surface area (Å²) in [4.78, 5) is 5.04. The van der Waals surface area contributed by atoms with E-state index in [4.69, 9.17) is 4.74 Å². The lowest BCUT2D eigenvalue weighted by Gasteiger charge is -2.31. The monoisotopic (exact) mass is 393 g/mol. The maximum Gasteiger partial charge on any atom is 0.228 e. The molecule has 3 aliphatic rings. The molecule has 0 saturated carbocycles. The number of hydrogen-bond acceptors (Lipinski definition) is 6. The highest BCUT2D eigenvalue weighted by Crippen LogP contribution is 2.28. The first-order valence-corrected chi connectivity index (χ1v) is 11.9. The molecule has 1 unspecified atom stereocenters. The number of rotatable bonds is 7. The van der Waals surface area contributed by atoms with E-state index in [0.717, 1.165) is 62.0 Å². The Morgan fingerprint density at radius 3 is 2.56 bits per heavy atom. The lowest BCUT2D eigenvalue weighted by atomic mass is 10.00. The van der Waals surface area contributed by atoms with Crippen LogP contribution in [0.2, 0.25) is 0 Å². The van der Waals surface area contributed by atoms with Gasteiger partial charge in [0.1, 0.15) is 0 Å². The molecule has 0 bridgehead atoms. The van der Waals surface area contributed by atoms with E-state index in [9.17, 15) is 0 Å². The summed E-state index contributed by atoms with van der Waals surface area (Å²) >= 11 is 1.87. The molecule has 3 saturated heterocycles. The molecule has 4 rings (SSSR count). The number of nitrogens with zero attached hydrogens (tertiary/aromatic N) is 5. The van der Waals surface area contributed by atoms with Crippen LogP contribution in [0.5, 0.6) is 0 Å². The normalized spacial score (nSPS) is 25.4. The van der Waals surface area contributed by atoms with Crippen molar-refractivity contribution in [3.8, 4) is 0 Å². The molecular weight excluding hydrogens is 358 g/mol. The Balaban J connectivity index is 1.41. The minimum atomic E-state index is 0.324. The van der Waals surface area contributed by atoms with Gasteiger partial charge in [0, 0.05) is 32.0 Å². The topological polar surface area (TPSA) is 46.4 Å². The molecule has 4 heterocycles. The Bertz CT molecular complexity index is 575. The van der Waals surface area contributed by atoms with Crippen molar-refractivity contribution >= 4 is 17.7 Å². The number of aromatic nitrogens is 3. The van der Waals surface area contributed by atoms with E-state index in [-0.39, 0.29) is 0 Å². The summed E-state index contributed by atoms with van der Waals surface area (Å²) in [6, 6.07) is 0. The maximum atomic E-state index is 5.93. The van der Waals surface area contributed by atoms with Crippen molar-refractivity contribution in [2.24, 2.45) is 5.92 Å². The summed E-state index contributed by atoms with van der Waals surface area (Å²) in [6.07, 6.45) is 9.29. The summed E-state index contributed by atoms with van der Waals surface area (Å²) in [7, 11) is 0. The molecule has 7 heteroatoms. The third kappa shape index (κ3) is 5.18. The average Bonchev–Trinajstić information content (AvgIpc) is 3.34. The molecule has 0 aromatic carbocycles. The zero-order chi connectivity index (χ0) is 18.5. The van der Waals surface area contributed by atoms with Gasteiger partial charge >= 0.3 is 0 Å². The van der Waals surface area contributed by atoms with Crippen LogP contribution < -0.4 is 4.90 Å². The van der Waals surface area contributed by atoms with Crippen molar-refractivity contribution in [3.63, 3.8) is 0 Å². The fourth-order valence-corrected chi connectivity index (χ4v) is 5.37. The zero-order valence-electron chi connectivity index (χ0n) is 16.8. The summed E-state index contributed by atoms with van der Waals surface area (Å²) in [6.45, 7) is 10.1. The van der Waals surface area contributed by atoms with Crippen LogP contribution >= 0.6 is 11.8 Å². The lowest BCUT2D eigenvalue weighted by Crippen LogP contribution is -2.35. The Hall–Kier alpha value is -0.790. The Morgan fingerprint density at radius 1 is 1.00 bits per heavy atom.